The zero-order valence-electron chi connectivity index (χ0n) is 45.7. The second-order valence-corrected chi connectivity index (χ2v) is 22.0. The number of aromatic nitrogens is 2. The Morgan fingerprint density at radius 2 is 1.10 bits per heavy atom. The minimum atomic E-state index is -0.773. The van der Waals surface area contributed by atoms with Crippen LogP contribution >= 0.6 is 45.2 Å². The van der Waals surface area contributed by atoms with E-state index in [2.05, 4.69) is 108 Å². The molecule has 0 saturated carbocycles. The molecule has 3 aromatic rings. The molecule has 4 aliphatic rings. The molecular formula is C59H71I2N4O14+. The summed E-state index contributed by atoms with van der Waals surface area (Å²) < 4.78 is 29.1. The zero-order chi connectivity index (χ0) is 57.5. The van der Waals surface area contributed by atoms with E-state index in [-0.39, 0.29) is 74.7 Å². The summed E-state index contributed by atoms with van der Waals surface area (Å²) in [5.41, 5.74) is 4.11. The van der Waals surface area contributed by atoms with Gasteiger partial charge in [-0.2, -0.15) is 9.78 Å². The van der Waals surface area contributed by atoms with Crippen molar-refractivity contribution in [2.45, 2.75) is 85.4 Å². The van der Waals surface area contributed by atoms with Crippen molar-refractivity contribution in [3.05, 3.63) is 147 Å². The number of unbranched alkanes of at least 4 members (excludes halogenated alkanes) is 1. The van der Waals surface area contributed by atoms with E-state index in [1.54, 1.807) is 13.8 Å². The van der Waals surface area contributed by atoms with E-state index in [1.165, 1.54) is 45.2 Å². The number of hydrogen-bond donors (Lipinski definition) is 0. The third-order valence-electron chi connectivity index (χ3n) is 14.4. The standard InChI is InChI=1S/C31H37IN3O7.C28H34INO7/c1-6-15-39-31(38)28-23(20(3)27-26(29(36)35(27)28)21(4)30(37)42-41-16-7-2)18-40-25-11-10-22(17-24(25)32)9-8-12-34-14-13-33(5)19-34;1-6-9-10-19-11-12-22(21(29)15-19)35-16-20-17(4)24-23(18(5)27(32)37-36-14-8-3)26(31)30(24)25(20)28(33)34-13-7-2/h6-7,10-11,13-14,17,19-21,26-27H,1-2,8-9,12,15-16,18H2,3-5H3;7-8,11-12,15,17-18,23-24H,2-3,6,9-10,13-14,16H2,1,4-5H3/q+1;/t20-,21?,26?,27?;17-,18?,23?,24?/m00/s1. The van der Waals surface area contributed by atoms with E-state index in [1.807, 2.05) is 55.9 Å². The fraction of sp³-hybridized carbons (Fsp3) is 0.441. The summed E-state index contributed by atoms with van der Waals surface area (Å²) in [6, 6.07) is 11.4. The Kier molecular flexibility index (Phi) is 23.1. The Balaban J connectivity index is 0.000000257. The number of carbonyl (C=O) groups excluding carboxylic acids is 6. The van der Waals surface area contributed by atoms with Crippen molar-refractivity contribution in [3.63, 3.8) is 0 Å². The van der Waals surface area contributed by atoms with E-state index < -0.39 is 59.6 Å². The highest BCUT2D eigenvalue weighted by atomic mass is 127. The molecule has 5 heterocycles. The minimum absolute atomic E-state index is 0.00644. The highest BCUT2D eigenvalue weighted by molar-refractivity contribution is 14.1. The third-order valence-corrected chi connectivity index (χ3v) is 16.1. The maximum absolute atomic E-state index is 13.3. The number of aryl methyl sites for hydroxylation is 4. The average molecular weight is 1310 g/mol. The summed E-state index contributed by atoms with van der Waals surface area (Å²) in [5.74, 6) is -5.19. The SMILES string of the molecule is C=CCOOC(=O)C(C)C1C(=O)N2C(C(=O)OCC=C)=C(COc3ccc(CCCC)cc3I)[C@H](C)C12.C=CCOOC(=O)C(C)C1C(=O)N2C(C(=O)OCC=C)=C(COc3ccc(CCCn4cc[n+](C)c4)cc3I)[C@H](C)C12. The fourth-order valence-corrected chi connectivity index (χ4v) is 11.7. The number of esters is 2. The van der Waals surface area contributed by atoms with Crippen molar-refractivity contribution >= 4 is 80.9 Å². The number of amides is 2. The van der Waals surface area contributed by atoms with Gasteiger partial charge in [0.25, 0.3) is 0 Å². The summed E-state index contributed by atoms with van der Waals surface area (Å²) in [5, 5.41) is 0. The molecule has 1 aromatic heterocycles. The number of nitrogens with zero attached hydrogens (tertiary/aromatic N) is 4. The summed E-state index contributed by atoms with van der Waals surface area (Å²) in [4.78, 5) is 99.8. The molecular weight excluding hydrogens is 1240 g/mol. The Bertz CT molecular complexity index is 2840. The van der Waals surface area contributed by atoms with Gasteiger partial charge in [0.05, 0.1) is 56.5 Å². The van der Waals surface area contributed by atoms with Gasteiger partial charge in [0.15, 0.2) is 0 Å². The van der Waals surface area contributed by atoms with Gasteiger partial charge in [-0.15, -0.1) is 13.2 Å². The van der Waals surface area contributed by atoms with Crippen LogP contribution in [0.2, 0.25) is 0 Å². The smallest absolute Gasteiger partial charge is 0.355 e. The number of halogens is 2. The van der Waals surface area contributed by atoms with Gasteiger partial charge in [-0.25, -0.2) is 28.3 Å². The van der Waals surface area contributed by atoms with E-state index in [0.29, 0.717) is 22.6 Å². The molecule has 18 nitrogen and oxygen atoms in total. The van der Waals surface area contributed by atoms with Gasteiger partial charge in [0, 0.05) is 23.0 Å². The lowest BCUT2D eigenvalue weighted by molar-refractivity contribution is -0.671. The molecule has 0 N–H and O–H groups in total. The second kappa shape index (κ2) is 29.4. The van der Waals surface area contributed by atoms with Crippen LogP contribution in [0.5, 0.6) is 11.5 Å². The van der Waals surface area contributed by atoms with Crippen LogP contribution in [0.1, 0.15) is 65.0 Å². The first kappa shape index (κ1) is 62.1. The highest BCUT2D eigenvalue weighted by Gasteiger charge is 2.63. The lowest BCUT2D eigenvalue weighted by Gasteiger charge is -2.47. The van der Waals surface area contributed by atoms with Crippen LogP contribution in [0.3, 0.4) is 0 Å². The number of carbonyl (C=O) groups is 6. The summed E-state index contributed by atoms with van der Waals surface area (Å²) in [6.07, 6.45) is 17.2. The van der Waals surface area contributed by atoms with Crippen LogP contribution in [-0.4, -0.2) is 102 Å². The molecule has 424 valence electrons. The lowest BCUT2D eigenvalue weighted by atomic mass is 9.74. The van der Waals surface area contributed by atoms with Gasteiger partial charge < -0.3 is 28.7 Å². The molecule has 0 aliphatic carbocycles. The number of hydrogen-bond acceptors (Lipinski definition) is 14. The van der Waals surface area contributed by atoms with Crippen LogP contribution in [0.4, 0.5) is 0 Å². The number of rotatable bonds is 29. The monoisotopic (exact) mass is 1310 g/mol. The molecule has 4 aliphatic heterocycles. The Morgan fingerprint density at radius 3 is 1.48 bits per heavy atom. The maximum Gasteiger partial charge on any atom is 0.355 e. The molecule has 7 rings (SSSR count). The molecule has 0 bridgehead atoms. The first-order chi connectivity index (χ1) is 37.9. The predicted molar refractivity (Wildman–Crippen MR) is 308 cm³/mol. The number of imidazole rings is 1. The Hall–Kier alpha value is -6.11. The largest absolute Gasteiger partial charge is 0.488 e. The zero-order valence-corrected chi connectivity index (χ0v) is 50.0. The van der Waals surface area contributed by atoms with Gasteiger partial charge in [0.2, 0.25) is 18.1 Å². The molecule has 79 heavy (non-hydrogen) atoms. The molecule has 2 fully saturated rings. The van der Waals surface area contributed by atoms with Crippen LogP contribution in [0.15, 0.2) is 128 Å². The molecule has 0 radical (unpaired) electrons. The van der Waals surface area contributed by atoms with Crippen LogP contribution < -0.4 is 14.0 Å². The summed E-state index contributed by atoms with van der Waals surface area (Å²) >= 11 is 4.50. The van der Waals surface area contributed by atoms with Crippen LogP contribution in [0.25, 0.3) is 0 Å². The highest BCUT2D eigenvalue weighted by Crippen LogP contribution is 2.51. The van der Waals surface area contributed by atoms with Crippen molar-refractivity contribution in [2.75, 3.05) is 39.6 Å². The molecule has 20 heteroatoms. The van der Waals surface area contributed by atoms with Crippen molar-refractivity contribution in [1.82, 2.24) is 14.4 Å². The number of benzene rings is 2. The van der Waals surface area contributed by atoms with Gasteiger partial charge >= 0.3 is 23.9 Å². The molecule has 2 aromatic carbocycles. The molecule has 6 unspecified atom stereocenters. The van der Waals surface area contributed by atoms with Gasteiger partial charge in [-0.3, -0.25) is 19.4 Å². The first-order valence-corrected chi connectivity index (χ1v) is 28.5. The van der Waals surface area contributed by atoms with Crippen molar-refractivity contribution in [2.24, 2.45) is 42.6 Å². The predicted octanol–water partition coefficient (Wildman–Crippen LogP) is 8.46. The first-order valence-electron chi connectivity index (χ1n) is 26.3. The van der Waals surface area contributed by atoms with E-state index in [0.717, 1.165) is 45.8 Å². The van der Waals surface area contributed by atoms with Crippen molar-refractivity contribution < 1.29 is 71.8 Å². The van der Waals surface area contributed by atoms with E-state index in [9.17, 15) is 28.8 Å². The Morgan fingerprint density at radius 1 is 0.671 bits per heavy atom. The normalized spacial score (nSPS) is 20.6. The van der Waals surface area contributed by atoms with Crippen molar-refractivity contribution in [3.8, 4) is 11.5 Å². The topological polar surface area (TPSA) is 192 Å². The summed E-state index contributed by atoms with van der Waals surface area (Å²) in [7, 11) is 2.00. The molecule has 2 amide bonds. The third kappa shape index (κ3) is 14.6. The second-order valence-electron chi connectivity index (χ2n) is 19.7. The maximum atomic E-state index is 13.3. The quantitative estimate of drug-likeness (QED) is 0.00940. The average Bonchev–Trinajstić information content (AvgIpc) is 4.16. The number of β-lactam (4-membered cyclic amide) rings is 2. The molecule has 2 saturated heterocycles. The van der Waals surface area contributed by atoms with Crippen LogP contribution in [0, 0.1) is 42.6 Å². The van der Waals surface area contributed by atoms with Crippen molar-refractivity contribution in [1.29, 1.82) is 0 Å². The summed E-state index contributed by atoms with van der Waals surface area (Å²) in [6.45, 7) is 24.7. The molecule has 0 spiro atoms. The van der Waals surface area contributed by atoms with Gasteiger partial charge in [-0.1, -0.05) is 90.6 Å². The number of ether oxygens (including phenoxy) is 4. The van der Waals surface area contributed by atoms with Gasteiger partial charge in [-0.05, 0) is 106 Å². The Labute approximate surface area is 489 Å². The fourth-order valence-electron chi connectivity index (χ4n) is 10.2. The molecule has 8 atom stereocenters. The van der Waals surface area contributed by atoms with Gasteiger partial charge in [0.1, 0.15) is 74.9 Å². The number of fused-ring (bicyclic) bond motifs is 2. The van der Waals surface area contributed by atoms with E-state index >= 15 is 0 Å². The van der Waals surface area contributed by atoms with Crippen LogP contribution in [-0.2, 0) is 84.2 Å². The van der Waals surface area contributed by atoms with E-state index in [4.69, 9.17) is 38.5 Å². The minimum Gasteiger partial charge on any atom is -0.488 e. The lowest BCUT2D eigenvalue weighted by Crippen LogP contribution is -2.63.